The van der Waals surface area contributed by atoms with Gasteiger partial charge in [-0.05, 0) is 6.92 Å². The van der Waals surface area contributed by atoms with Crippen LogP contribution < -0.4 is 0 Å². The van der Waals surface area contributed by atoms with Crippen molar-refractivity contribution in [2.24, 2.45) is 0 Å². The summed E-state index contributed by atoms with van der Waals surface area (Å²) in [6, 6.07) is 2.66. The molecular weight excluding hydrogens is 227 g/mol. The lowest BCUT2D eigenvalue weighted by molar-refractivity contribution is 0.539. The second kappa shape index (κ2) is 4.37. The van der Waals surface area contributed by atoms with Crippen molar-refractivity contribution in [2.45, 2.75) is 6.92 Å². The number of halogens is 4. The monoisotopic (exact) mass is 231 g/mol. The molecule has 1 rings (SSSR count). The normalized spacial score (nSPS) is 12.0. The lowest BCUT2D eigenvalue weighted by Gasteiger charge is -2.04. The van der Waals surface area contributed by atoms with E-state index in [4.69, 9.17) is 16.9 Å². The molecule has 0 radical (unpaired) electrons. The number of rotatable bonds is 1. The maximum atomic E-state index is 13.2. The smallest absolute Gasteiger partial charge is 0.137 e. The standard InChI is InChI=1S/C10H5ClF3N/c1-5(4-15)10(11)9-7(13)2-6(12)3-8(9)14/h2-3H,1H3. The van der Waals surface area contributed by atoms with Crippen molar-refractivity contribution < 1.29 is 13.2 Å². The van der Waals surface area contributed by atoms with Gasteiger partial charge >= 0.3 is 0 Å². The summed E-state index contributed by atoms with van der Waals surface area (Å²) < 4.78 is 38.9. The largest absolute Gasteiger partial charge is 0.207 e. The molecule has 78 valence electrons. The molecule has 1 aromatic rings. The number of hydrogen-bond donors (Lipinski definition) is 0. The summed E-state index contributed by atoms with van der Waals surface area (Å²) in [5.41, 5.74) is -0.627. The second-order valence-corrected chi connectivity index (χ2v) is 3.17. The number of allylic oxidation sites excluding steroid dienone is 1. The number of benzene rings is 1. The predicted molar refractivity (Wildman–Crippen MR) is 50.4 cm³/mol. The first-order valence-electron chi connectivity index (χ1n) is 3.88. The molecule has 1 aromatic carbocycles. The summed E-state index contributed by atoms with van der Waals surface area (Å²) in [5, 5.41) is 8.14. The minimum atomic E-state index is -1.13. The van der Waals surface area contributed by atoms with Crippen molar-refractivity contribution >= 4 is 16.6 Å². The van der Waals surface area contributed by atoms with Gasteiger partial charge in [0.2, 0.25) is 0 Å². The topological polar surface area (TPSA) is 23.8 Å². The van der Waals surface area contributed by atoms with Gasteiger partial charge in [-0.2, -0.15) is 5.26 Å². The zero-order chi connectivity index (χ0) is 11.6. The highest BCUT2D eigenvalue weighted by atomic mass is 35.5. The third kappa shape index (κ3) is 2.31. The highest BCUT2D eigenvalue weighted by molar-refractivity contribution is 6.49. The summed E-state index contributed by atoms with van der Waals surface area (Å²) in [7, 11) is 0. The van der Waals surface area contributed by atoms with Crippen molar-refractivity contribution in [3.8, 4) is 6.07 Å². The quantitative estimate of drug-likeness (QED) is 0.678. The fourth-order valence-electron chi connectivity index (χ4n) is 0.988. The van der Waals surface area contributed by atoms with E-state index in [1.54, 1.807) is 6.07 Å². The predicted octanol–water partition coefficient (Wildman–Crippen LogP) is 3.60. The average molecular weight is 232 g/mol. The summed E-state index contributed by atoms with van der Waals surface area (Å²) in [5.74, 6) is -3.30. The second-order valence-electron chi connectivity index (χ2n) is 2.80. The van der Waals surface area contributed by atoms with Gasteiger partial charge in [0.05, 0.1) is 16.7 Å². The molecule has 0 N–H and O–H groups in total. The minimum Gasteiger partial charge on any atom is -0.207 e. The Balaban J connectivity index is 3.47. The Morgan fingerprint density at radius 3 is 2.13 bits per heavy atom. The molecule has 0 heterocycles. The van der Waals surface area contributed by atoms with Gasteiger partial charge in [-0.25, -0.2) is 13.2 Å². The van der Waals surface area contributed by atoms with Crippen LogP contribution in [-0.4, -0.2) is 0 Å². The summed E-state index contributed by atoms with van der Waals surface area (Å²) >= 11 is 5.57. The molecule has 0 aliphatic carbocycles. The zero-order valence-corrected chi connectivity index (χ0v) is 8.37. The van der Waals surface area contributed by atoms with Crippen LogP contribution in [-0.2, 0) is 0 Å². The summed E-state index contributed by atoms with van der Waals surface area (Å²) in [4.78, 5) is 0. The molecule has 0 bridgehead atoms. The van der Waals surface area contributed by atoms with Crippen LogP contribution in [0.3, 0.4) is 0 Å². The van der Waals surface area contributed by atoms with Crippen LogP contribution >= 0.6 is 11.6 Å². The van der Waals surface area contributed by atoms with Crippen LogP contribution in [0.5, 0.6) is 0 Å². The Morgan fingerprint density at radius 2 is 1.73 bits per heavy atom. The Labute approximate surface area is 89.4 Å². The van der Waals surface area contributed by atoms with Gasteiger partial charge in [-0.15, -0.1) is 0 Å². The Bertz CT molecular complexity index is 451. The van der Waals surface area contributed by atoms with E-state index in [0.29, 0.717) is 12.1 Å². The van der Waals surface area contributed by atoms with E-state index in [1.807, 2.05) is 0 Å². The van der Waals surface area contributed by atoms with Gasteiger partial charge in [0.15, 0.2) is 0 Å². The minimum absolute atomic E-state index is 0.0407. The van der Waals surface area contributed by atoms with Crippen LogP contribution in [0.15, 0.2) is 17.7 Å². The molecule has 0 saturated heterocycles. The van der Waals surface area contributed by atoms with Crippen LogP contribution in [0.1, 0.15) is 12.5 Å². The Hall–Kier alpha value is -1.47. The molecule has 0 unspecified atom stereocenters. The van der Waals surface area contributed by atoms with Gasteiger partial charge < -0.3 is 0 Å². The van der Waals surface area contributed by atoms with E-state index in [-0.39, 0.29) is 10.6 Å². The Morgan fingerprint density at radius 1 is 1.27 bits per heavy atom. The third-order valence-corrected chi connectivity index (χ3v) is 2.20. The zero-order valence-electron chi connectivity index (χ0n) is 7.61. The number of hydrogen-bond acceptors (Lipinski definition) is 1. The van der Waals surface area contributed by atoms with Crippen molar-refractivity contribution in [3.63, 3.8) is 0 Å². The van der Waals surface area contributed by atoms with Crippen LogP contribution in [0.2, 0.25) is 0 Å². The van der Waals surface area contributed by atoms with E-state index < -0.39 is 23.0 Å². The fraction of sp³-hybridized carbons (Fsp3) is 0.100. The van der Waals surface area contributed by atoms with E-state index in [1.165, 1.54) is 6.92 Å². The average Bonchev–Trinajstić information content (AvgIpc) is 2.14. The first kappa shape index (κ1) is 11.6. The van der Waals surface area contributed by atoms with Gasteiger partial charge in [-0.1, -0.05) is 11.6 Å². The molecule has 15 heavy (non-hydrogen) atoms. The van der Waals surface area contributed by atoms with Gasteiger partial charge in [0.1, 0.15) is 17.5 Å². The molecule has 0 aliphatic heterocycles. The molecule has 0 saturated carbocycles. The molecule has 0 spiro atoms. The lowest BCUT2D eigenvalue weighted by atomic mass is 10.1. The van der Waals surface area contributed by atoms with Crippen molar-refractivity contribution in [1.82, 2.24) is 0 Å². The van der Waals surface area contributed by atoms with E-state index in [2.05, 4.69) is 0 Å². The molecule has 0 aliphatic rings. The van der Waals surface area contributed by atoms with Crippen molar-refractivity contribution in [3.05, 3.63) is 40.7 Å². The Kier molecular flexibility index (Phi) is 3.38. The summed E-state index contributed by atoms with van der Waals surface area (Å²) in [6.07, 6.45) is 0. The number of nitriles is 1. The SMILES string of the molecule is CC(C#N)=C(Cl)c1c(F)cc(F)cc1F. The van der Waals surface area contributed by atoms with Crippen molar-refractivity contribution in [1.29, 1.82) is 5.26 Å². The third-order valence-electron chi connectivity index (χ3n) is 1.72. The summed E-state index contributed by atoms with van der Waals surface area (Å²) in [6.45, 7) is 1.31. The van der Waals surface area contributed by atoms with Crippen LogP contribution in [0.25, 0.3) is 5.03 Å². The molecule has 1 nitrogen and oxygen atoms in total. The number of nitrogens with zero attached hydrogens (tertiary/aromatic N) is 1. The maximum Gasteiger partial charge on any atom is 0.137 e. The fourth-order valence-corrected chi connectivity index (χ4v) is 1.21. The molecule has 5 heteroatoms. The van der Waals surface area contributed by atoms with Crippen LogP contribution in [0.4, 0.5) is 13.2 Å². The highest BCUT2D eigenvalue weighted by Gasteiger charge is 2.16. The first-order valence-corrected chi connectivity index (χ1v) is 4.26. The molecule has 0 fully saturated rings. The first-order chi connectivity index (χ1) is 6.97. The van der Waals surface area contributed by atoms with Crippen LogP contribution in [0, 0.1) is 28.8 Å². The maximum absolute atomic E-state index is 13.2. The molecule has 0 aromatic heterocycles. The lowest BCUT2D eigenvalue weighted by Crippen LogP contribution is -1.95. The molecule has 0 atom stereocenters. The van der Waals surface area contributed by atoms with E-state index in [0.717, 1.165) is 0 Å². The van der Waals surface area contributed by atoms with Gasteiger partial charge in [-0.3, -0.25) is 0 Å². The molecule has 0 amide bonds. The van der Waals surface area contributed by atoms with Gasteiger partial charge in [0.25, 0.3) is 0 Å². The molecular formula is C10H5ClF3N. The van der Waals surface area contributed by atoms with Crippen molar-refractivity contribution in [2.75, 3.05) is 0 Å². The van der Waals surface area contributed by atoms with E-state index >= 15 is 0 Å². The van der Waals surface area contributed by atoms with Gasteiger partial charge in [0, 0.05) is 17.7 Å². The highest BCUT2D eigenvalue weighted by Crippen LogP contribution is 2.28. The van der Waals surface area contributed by atoms with E-state index in [9.17, 15) is 13.2 Å².